The van der Waals surface area contributed by atoms with Gasteiger partial charge >= 0.3 is 0 Å². The van der Waals surface area contributed by atoms with E-state index >= 15 is 0 Å². The molecule has 6 nitrogen and oxygen atoms in total. The fourth-order valence-electron chi connectivity index (χ4n) is 2.90. The van der Waals surface area contributed by atoms with E-state index in [-0.39, 0.29) is 5.91 Å². The van der Waals surface area contributed by atoms with Gasteiger partial charge in [-0.25, -0.2) is 9.97 Å². The number of thioether (sulfide) groups is 1. The van der Waals surface area contributed by atoms with Gasteiger partial charge in [0.25, 0.3) is 0 Å². The van der Waals surface area contributed by atoms with Crippen LogP contribution in [0.25, 0.3) is 10.3 Å². The maximum atomic E-state index is 12.3. The summed E-state index contributed by atoms with van der Waals surface area (Å²) in [6.07, 6.45) is 3.95. The van der Waals surface area contributed by atoms with Crippen LogP contribution in [0, 0.1) is 6.92 Å². The van der Waals surface area contributed by atoms with Crippen LogP contribution in [0.4, 0.5) is 10.8 Å². The van der Waals surface area contributed by atoms with Crippen molar-refractivity contribution in [3.63, 3.8) is 0 Å². The van der Waals surface area contributed by atoms with Crippen LogP contribution in [0.15, 0.2) is 35.6 Å². The minimum absolute atomic E-state index is 0.0413. The summed E-state index contributed by atoms with van der Waals surface area (Å²) in [7, 11) is 0. The average Bonchev–Trinajstić information content (AvgIpc) is 3.31. The van der Waals surface area contributed by atoms with Gasteiger partial charge in [-0.2, -0.15) is 4.98 Å². The summed E-state index contributed by atoms with van der Waals surface area (Å²) in [5.41, 5.74) is 2.61. The Kier molecular flexibility index (Phi) is 5.03. The first-order valence-electron chi connectivity index (χ1n) is 8.55. The largest absolute Gasteiger partial charge is 0.348 e. The van der Waals surface area contributed by atoms with Gasteiger partial charge in [-0.1, -0.05) is 41.3 Å². The van der Waals surface area contributed by atoms with Gasteiger partial charge in [-0.3, -0.25) is 4.79 Å². The zero-order valence-corrected chi connectivity index (χ0v) is 16.1. The fourth-order valence-corrected chi connectivity index (χ4v) is 4.84. The molecule has 8 heteroatoms. The van der Waals surface area contributed by atoms with E-state index in [1.165, 1.54) is 30.9 Å². The molecule has 0 unspecified atom stereocenters. The molecule has 3 heterocycles. The number of aryl methyl sites for hydroxylation is 1. The Morgan fingerprint density at radius 3 is 2.88 bits per heavy atom. The first-order chi connectivity index (χ1) is 12.7. The summed E-state index contributed by atoms with van der Waals surface area (Å²) in [5.74, 6) is 0.262. The van der Waals surface area contributed by atoms with Gasteiger partial charge in [0.2, 0.25) is 5.91 Å². The number of amides is 1. The molecule has 1 aliphatic rings. The highest BCUT2D eigenvalue weighted by molar-refractivity contribution is 8.00. The molecule has 4 rings (SSSR count). The Balaban J connectivity index is 1.46. The monoisotopic (exact) mass is 385 g/mol. The first-order valence-corrected chi connectivity index (χ1v) is 10.4. The van der Waals surface area contributed by atoms with E-state index in [0.717, 1.165) is 39.2 Å². The Hall–Kier alpha value is -2.19. The summed E-state index contributed by atoms with van der Waals surface area (Å²) in [6, 6.07) is 7.76. The van der Waals surface area contributed by atoms with Crippen molar-refractivity contribution < 1.29 is 4.79 Å². The number of para-hydroxylation sites is 1. The standard InChI is InChI=1S/C18H19N5OS2/c1-12-6-2-3-7-13(12)21-14(24)10-25-17-15-16(19-11-20-17)22-18(26-15)23-8-4-5-9-23/h2-3,6-7,11H,4-5,8-10H2,1H3,(H,21,24). The smallest absolute Gasteiger partial charge is 0.234 e. The van der Waals surface area contributed by atoms with E-state index in [2.05, 4.69) is 25.2 Å². The second-order valence-electron chi connectivity index (χ2n) is 6.17. The molecule has 3 aromatic rings. The lowest BCUT2D eigenvalue weighted by atomic mass is 10.2. The van der Waals surface area contributed by atoms with Crippen LogP contribution in [-0.4, -0.2) is 39.7 Å². The summed E-state index contributed by atoms with van der Waals surface area (Å²) in [6.45, 7) is 4.08. The van der Waals surface area contributed by atoms with Gasteiger partial charge in [-0.15, -0.1) is 0 Å². The Morgan fingerprint density at radius 2 is 2.08 bits per heavy atom. The SMILES string of the molecule is Cc1ccccc1NC(=O)CSc1ncnc2nc(N3CCCC3)sc12. The lowest BCUT2D eigenvalue weighted by Gasteiger charge is -2.11. The van der Waals surface area contributed by atoms with Gasteiger partial charge in [-0.05, 0) is 31.4 Å². The molecule has 1 saturated heterocycles. The van der Waals surface area contributed by atoms with Crippen LogP contribution in [0.2, 0.25) is 0 Å². The molecule has 1 fully saturated rings. The quantitative estimate of drug-likeness (QED) is 0.533. The van der Waals surface area contributed by atoms with Gasteiger partial charge in [0.05, 0.1) is 5.75 Å². The molecule has 0 radical (unpaired) electrons. The molecule has 1 aromatic carbocycles. The average molecular weight is 386 g/mol. The van der Waals surface area contributed by atoms with Crippen molar-refractivity contribution in [2.45, 2.75) is 24.8 Å². The number of carbonyl (C=O) groups is 1. The van der Waals surface area contributed by atoms with Crippen molar-refractivity contribution in [2.75, 3.05) is 29.1 Å². The molecule has 0 saturated carbocycles. The highest BCUT2D eigenvalue weighted by atomic mass is 32.2. The number of hydrogen-bond acceptors (Lipinski definition) is 7. The number of nitrogens with one attached hydrogen (secondary N) is 1. The van der Waals surface area contributed by atoms with E-state index in [1.807, 2.05) is 31.2 Å². The Labute approximate surface area is 160 Å². The van der Waals surface area contributed by atoms with Crippen molar-refractivity contribution in [2.24, 2.45) is 0 Å². The molecule has 1 N–H and O–H groups in total. The van der Waals surface area contributed by atoms with Crippen LogP contribution in [0.5, 0.6) is 0 Å². The second-order valence-corrected chi connectivity index (χ2v) is 8.12. The normalized spacial score (nSPS) is 14.1. The van der Waals surface area contributed by atoms with Gasteiger partial charge in [0.1, 0.15) is 16.1 Å². The predicted octanol–water partition coefficient (Wildman–Crippen LogP) is 3.73. The van der Waals surface area contributed by atoms with Crippen molar-refractivity contribution in [1.82, 2.24) is 15.0 Å². The number of fused-ring (bicyclic) bond motifs is 1. The minimum atomic E-state index is -0.0413. The first kappa shape index (κ1) is 17.2. The number of benzene rings is 1. The third-order valence-electron chi connectivity index (χ3n) is 4.28. The zero-order chi connectivity index (χ0) is 17.9. The van der Waals surface area contributed by atoms with E-state index in [1.54, 1.807) is 11.3 Å². The maximum absolute atomic E-state index is 12.3. The number of anilines is 2. The van der Waals surface area contributed by atoms with Gasteiger partial charge < -0.3 is 10.2 Å². The molecule has 0 aliphatic carbocycles. The third kappa shape index (κ3) is 3.66. The maximum Gasteiger partial charge on any atom is 0.234 e. The molecule has 0 atom stereocenters. The second kappa shape index (κ2) is 7.59. The lowest BCUT2D eigenvalue weighted by Crippen LogP contribution is -2.16. The van der Waals surface area contributed by atoms with E-state index < -0.39 is 0 Å². The number of nitrogens with zero attached hydrogens (tertiary/aromatic N) is 4. The summed E-state index contributed by atoms with van der Waals surface area (Å²) < 4.78 is 0.961. The van der Waals surface area contributed by atoms with Crippen LogP contribution in [0.1, 0.15) is 18.4 Å². The van der Waals surface area contributed by atoms with Gasteiger partial charge in [0, 0.05) is 18.8 Å². The van der Waals surface area contributed by atoms with Crippen molar-refractivity contribution in [3.8, 4) is 0 Å². The Bertz CT molecular complexity index is 936. The molecule has 1 aliphatic heterocycles. The molecular weight excluding hydrogens is 366 g/mol. The van der Waals surface area contributed by atoms with Crippen LogP contribution in [0.3, 0.4) is 0 Å². The minimum Gasteiger partial charge on any atom is -0.348 e. The van der Waals surface area contributed by atoms with Crippen molar-refractivity contribution in [1.29, 1.82) is 0 Å². The summed E-state index contributed by atoms with van der Waals surface area (Å²) in [4.78, 5) is 27.9. The van der Waals surface area contributed by atoms with Crippen molar-refractivity contribution in [3.05, 3.63) is 36.2 Å². The molecule has 0 spiro atoms. The van der Waals surface area contributed by atoms with E-state index in [9.17, 15) is 4.79 Å². The van der Waals surface area contributed by atoms with Crippen LogP contribution >= 0.6 is 23.1 Å². The van der Waals surface area contributed by atoms with Crippen molar-refractivity contribution >= 4 is 50.2 Å². The molecule has 134 valence electrons. The number of hydrogen-bond donors (Lipinski definition) is 1. The molecule has 1 amide bonds. The number of carbonyl (C=O) groups excluding carboxylic acids is 1. The third-order valence-corrected chi connectivity index (χ3v) is 6.51. The summed E-state index contributed by atoms with van der Waals surface area (Å²) in [5, 5.41) is 4.78. The molecular formula is C18H19N5OS2. The van der Waals surface area contributed by atoms with E-state index in [4.69, 9.17) is 0 Å². The predicted molar refractivity (Wildman–Crippen MR) is 107 cm³/mol. The van der Waals surface area contributed by atoms with E-state index in [0.29, 0.717) is 11.4 Å². The van der Waals surface area contributed by atoms with Crippen LogP contribution in [-0.2, 0) is 4.79 Å². The molecule has 26 heavy (non-hydrogen) atoms. The van der Waals surface area contributed by atoms with Gasteiger partial charge in [0.15, 0.2) is 10.8 Å². The number of aromatic nitrogens is 3. The number of rotatable bonds is 5. The Morgan fingerprint density at radius 1 is 1.27 bits per heavy atom. The highest BCUT2D eigenvalue weighted by Gasteiger charge is 2.19. The molecule has 2 aromatic heterocycles. The fraction of sp³-hybridized carbons (Fsp3) is 0.333. The highest BCUT2D eigenvalue weighted by Crippen LogP contribution is 2.34. The van der Waals surface area contributed by atoms with Crippen LogP contribution < -0.4 is 10.2 Å². The summed E-state index contributed by atoms with van der Waals surface area (Å²) >= 11 is 3.04. The number of thiazole rings is 1. The topological polar surface area (TPSA) is 71.0 Å². The zero-order valence-electron chi connectivity index (χ0n) is 14.4. The lowest BCUT2D eigenvalue weighted by molar-refractivity contribution is -0.113. The molecule has 0 bridgehead atoms.